The number of rotatable bonds is 5. The fourth-order valence-electron chi connectivity index (χ4n) is 2.25. The number of hydrogen-bond donors (Lipinski definition) is 2. The second-order valence-corrected chi connectivity index (χ2v) is 4.67. The molecule has 1 aliphatic rings. The van der Waals surface area contributed by atoms with Crippen LogP contribution in [0.15, 0.2) is 0 Å². The van der Waals surface area contributed by atoms with Crippen molar-refractivity contribution in [2.24, 2.45) is 17.6 Å². The van der Waals surface area contributed by atoms with Gasteiger partial charge in [-0.05, 0) is 25.3 Å². The van der Waals surface area contributed by atoms with Crippen LogP contribution in [-0.2, 0) is 4.79 Å². The molecule has 7 heteroatoms. The summed E-state index contributed by atoms with van der Waals surface area (Å²) in [5.74, 6) is -5.25. The van der Waals surface area contributed by atoms with Crippen LogP contribution in [-0.4, -0.2) is 31.3 Å². The minimum atomic E-state index is -4.18. The fraction of sp³-hybridized carbons (Fsp3) is 0.909. The van der Waals surface area contributed by atoms with E-state index in [1.54, 1.807) is 0 Å². The molecule has 3 N–H and O–H groups in total. The first-order valence-electron chi connectivity index (χ1n) is 6.02. The summed E-state index contributed by atoms with van der Waals surface area (Å²) in [7, 11) is 0. The van der Waals surface area contributed by atoms with Crippen molar-refractivity contribution in [1.82, 2.24) is 5.32 Å². The van der Waals surface area contributed by atoms with Crippen LogP contribution in [0, 0.1) is 11.8 Å². The molecular weight excluding hydrogens is 252 g/mol. The quantitative estimate of drug-likeness (QED) is 0.748. The van der Waals surface area contributed by atoms with Crippen LogP contribution in [0.25, 0.3) is 0 Å². The minimum absolute atomic E-state index is 0.0427. The minimum Gasteiger partial charge on any atom is -0.350 e. The van der Waals surface area contributed by atoms with Gasteiger partial charge in [0.15, 0.2) is 0 Å². The second-order valence-electron chi connectivity index (χ2n) is 4.67. The van der Waals surface area contributed by atoms with Crippen LogP contribution in [0.1, 0.15) is 25.7 Å². The normalized spacial score (nSPS) is 25.2. The highest BCUT2D eigenvalue weighted by molar-refractivity contribution is 5.79. The molecule has 0 spiro atoms. The summed E-state index contributed by atoms with van der Waals surface area (Å²) in [5.41, 5.74) is 5.51. The Hall–Kier alpha value is -0.850. The van der Waals surface area contributed by atoms with E-state index < -0.39 is 30.7 Å². The molecule has 0 saturated heterocycles. The van der Waals surface area contributed by atoms with Crippen molar-refractivity contribution in [3.63, 3.8) is 0 Å². The van der Waals surface area contributed by atoms with Gasteiger partial charge in [0.25, 0.3) is 0 Å². The van der Waals surface area contributed by atoms with Gasteiger partial charge in [0.2, 0.25) is 5.91 Å². The molecule has 1 amide bonds. The van der Waals surface area contributed by atoms with E-state index in [1.807, 2.05) is 5.32 Å². The lowest BCUT2D eigenvalue weighted by atomic mass is 9.79. The number of nitrogens with one attached hydrogen (secondary N) is 1. The number of nitrogens with two attached hydrogens (primary N) is 1. The van der Waals surface area contributed by atoms with Crippen LogP contribution in [0.2, 0.25) is 0 Å². The smallest absolute Gasteiger partial charge is 0.324 e. The van der Waals surface area contributed by atoms with Crippen molar-refractivity contribution in [1.29, 1.82) is 0 Å². The van der Waals surface area contributed by atoms with Gasteiger partial charge in [-0.3, -0.25) is 4.79 Å². The Labute approximate surface area is 103 Å². The lowest BCUT2D eigenvalue weighted by Crippen LogP contribution is -2.46. The Morgan fingerprint density at radius 2 is 1.94 bits per heavy atom. The van der Waals surface area contributed by atoms with Crippen molar-refractivity contribution in [3.8, 4) is 0 Å². The maximum absolute atomic E-state index is 12.7. The maximum atomic E-state index is 12.7. The van der Waals surface area contributed by atoms with Crippen LogP contribution >= 0.6 is 0 Å². The topological polar surface area (TPSA) is 55.1 Å². The Morgan fingerprint density at radius 3 is 2.50 bits per heavy atom. The van der Waals surface area contributed by atoms with Crippen molar-refractivity contribution < 1.29 is 22.4 Å². The Morgan fingerprint density at radius 1 is 1.33 bits per heavy atom. The predicted octanol–water partition coefficient (Wildman–Crippen LogP) is 1.77. The van der Waals surface area contributed by atoms with E-state index in [2.05, 4.69) is 0 Å². The van der Waals surface area contributed by atoms with E-state index in [0.29, 0.717) is 13.0 Å². The average molecular weight is 270 g/mol. The molecule has 1 fully saturated rings. The number of halogens is 4. The molecule has 0 aromatic heterocycles. The summed E-state index contributed by atoms with van der Waals surface area (Å²) in [6, 6.07) is 0. The largest absolute Gasteiger partial charge is 0.350 e. The molecule has 0 heterocycles. The number of hydrogen-bond acceptors (Lipinski definition) is 2. The standard InChI is InChI=1S/C11H18F4N2O/c12-10(13)11(14,15)6-17-9(18)8-4-2-1-3-7(8)5-16/h7-8,10H,1-6,16H2,(H,17,18). The summed E-state index contributed by atoms with van der Waals surface area (Å²) in [6.45, 7) is -1.01. The molecule has 106 valence electrons. The number of alkyl halides is 4. The van der Waals surface area contributed by atoms with Crippen molar-refractivity contribution in [3.05, 3.63) is 0 Å². The third-order valence-corrected chi connectivity index (χ3v) is 3.37. The van der Waals surface area contributed by atoms with Gasteiger partial charge in [0.05, 0.1) is 6.54 Å². The molecule has 0 radical (unpaired) electrons. The lowest BCUT2D eigenvalue weighted by Gasteiger charge is -2.30. The first-order valence-corrected chi connectivity index (χ1v) is 6.02. The SMILES string of the molecule is NCC1CCCCC1C(=O)NCC(F)(F)C(F)F. The highest BCUT2D eigenvalue weighted by Crippen LogP contribution is 2.30. The average Bonchev–Trinajstić information content (AvgIpc) is 2.35. The molecular formula is C11H18F4N2O. The number of carbonyl (C=O) groups is 1. The summed E-state index contributed by atoms with van der Waals surface area (Å²) in [4.78, 5) is 11.7. The van der Waals surface area contributed by atoms with E-state index >= 15 is 0 Å². The Bertz CT molecular complexity index is 286. The van der Waals surface area contributed by atoms with E-state index in [9.17, 15) is 22.4 Å². The maximum Gasteiger partial charge on any atom is 0.324 e. The van der Waals surface area contributed by atoms with E-state index in [0.717, 1.165) is 19.3 Å². The molecule has 0 aromatic carbocycles. The van der Waals surface area contributed by atoms with Gasteiger partial charge in [-0.15, -0.1) is 0 Å². The number of carbonyl (C=O) groups excluding carboxylic acids is 1. The molecule has 0 aromatic rings. The fourth-order valence-corrected chi connectivity index (χ4v) is 2.25. The molecule has 1 aliphatic carbocycles. The molecule has 2 atom stereocenters. The first kappa shape index (κ1) is 15.2. The Kier molecular flexibility index (Phi) is 5.37. The summed E-state index contributed by atoms with van der Waals surface area (Å²) in [6.07, 6.45) is -0.624. The van der Waals surface area contributed by atoms with Gasteiger partial charge in [0.1, 0.15) is 0 Å². The van der Waals surface area contributed by atoms with Gasteiger partial charge in [0, 0.05) is 5.92 Å². The molecule has 18 heavy (non-hydrogen) atoms. The molecule has 1 saturated carbocycles. The van der Waals surface area contributed by atoms with E-state index in [-0.39, 0.29) is 5.92 Å². The Balaban J connectivity index is 2.49. The molecule has 3 nitrogen and oxygen atoms in total. The van der Waals surface area contributed by atoms with Crippen LogP contribution in [0.4, 0.5) is 17.6 Å². The lowest BCUT2D eigenvalue weighted by molar-refractivity contribution is -0.140. The predicted molar refractivity (Wildman–Crippen MR) is 58.5 cm³/mol. The highest BCUT2D eigenvalue weighted by Gasteiger charge is 2.41. The highest BCUT2D eigenvalue weighted by atomic mass is 19.3. The van der Waals surface area contributed by atoms with Crippen molar-refractivity contribution in [2.75, 3.05) is 13.1 Å². The molecule has 2 unspecified atom stereocenters. The summed E-state index contributed by atoms with van der Waals surface area (Å²) >= 11 is 0. The van der Waals surface area contributed by atoms with Gasteiger partial charge in [-0.2, -0.15) is 8.78 Å². The molecule has 0 aliphatic heterocycles. The number of amides is 1. The van der Waals surface area contributed by atoms with Crippen LogP contribution < -0.4 is 11.1 Å². The zero-order chi connectivity index (χ0) is 13.8. The summed E-state index contributed by atoms with van der Waals surface area (Å²) in [5, 5.41) is 1.91. The van der Waals surface area contributed by atoms with E-state index in [4.69, 9.17) is 5.73 Å². The third-order valence-electron chi connectivity index (χ3n) is 3.37. The summed E-state index contributed by atoms with van der Waals surface area (Å²) < 4.78 is 49.2. The van der Waals surface area contributed by atoms with Gasteiger partial charge in [-0.25, -0.2) is 8.78 Å². The van der Waals surface area contributed by atoms with Gasteiger partial charge >= 0.3 is 12.3 Å². The van der Waals surface area contributed by atoms with E-state index in [1.165, 1.54) is 0 Å². The van der Waals surface area contributed by atoms with Crippen LogP contribution in [0.3, 0.4) is 0 Å². The molecule has 0 bridgehead atoms. The van der Waals surface area contributed by atoms with Crippen molar-refractivity contribution in [2.45, 2.75) is 38.0 Å². The third kappa shape index (κ3) is 3.83. The van der Waals surface area contributed by atoms with Crippen molar-refractivity contribution >= 4 is 5.91 Å². The monoisotopic (exact) mass is 270 g/mol. The van der Waals surface area contributed by atoms with Crippen LogP contribution in [0.5, 0.6) is 0 Å². The zero-order valence-corrected chi connectivity index (χ0v) is 9.97. The molecule has 1 rings (SSSR count). The van der Waals surface area contributed by atoms with Gasteiger partial charge in [-0.1, -0.05) is 12.8 Å². The first-order chi connectivity index (χ1) is 8.38. The zero-order valence-electron chi connectivity index (χ0n) is 9.97. The second kappa shape index (κ2) is 6.36. The van der Waals surface area contributed by atoms with Gasteiger partial charge < -0.3 is 11.1 Å².